The summed E-state index contributed by atoms with van der Waals surface area (Å²) in [5.41, 5.74) is -6.56. The Morgan fingerprint density at radius 1 is 1.10 bits per heavy atom. The Hall–Kier alpha value is -0.870. The van der Waals surface area contributed by atoms with Crippen molar-refractivity contribution in [1.29, 1.82) is 0 Å². The van der Waals surface area contributed by atoms with Crippen molar-refractivity contribution in [1.82, 2.24) is 0 Å². The lowest BCUT2D eigenvalue weighted by Crippen LogP contribution is -2.70. The normalized spacial score (nSPS) is 62.3. The van der Waals surface area contributed by atoms with E-state index >= 15 is 0 Å². The maximum absolute atomic E-state index is 13.4. The van der Waals surface area contributed by atoms with Gasteiger partial charge in [-0.1, -0.05) is 26.8 Å². The Kier molecular flexibility index (Phi) is 3.42. The minimum absolute atomic E-state index is 0.103. The van der Waals surface area contributed by atoms with E-state index in [1.165, 1.54) is 0 Å². The van der Waals surface area contributed by atoms with Crippen LogP contribution >= 0.6 is 0 Å². The average molecular weight is 437 g/mol. The summed E-state index contributed by atoms with van der Waals surface area (Å²) in [4.78, 5) is 13.4. The molecule has 0 aromatic carbocycles. The number of epoxide rings is 1. The van der Waals surface area contributed by atoms with Crippen LogP contribution in [0.15, 0.2) is 11.6 Å². The van der Waals surface area contributed by atoms with Crippen LogP contribution in [0.1, 0.15) is 41.5 Å². The number of Topliss-reactive ketones (excluding diaryl/α,β-unsaturated/α-hetero) is 1. The van der Waals surface area contributed by atoms with E-state index in [9.17, 15) is 25.2 Å². The maximum atomic E-state index is 13.4. The van der Waals surface area contributed by atoms with E-state index in [2.05, 4.69) is 0 Å². The number of aliphatic hydroxyl groups excluding tert-OH is 1. The molecule has 0 amide bonds. The van der Waals surface area contributed by atoms with E-state index in [-0.39, 0.29) is 6.61 Å². The van der Waals surface area contributed by atoms with Crippen LogP contribution in [0.25, 0.3) is 0 Å². The lowest BCUT2D eigenvalue weighted by Gasteiger charge is -2.53. The number of ether oxygens (including phenoxy) is 3. The second kappa shape index (κ2) is 5.12. The van der Waals surface area contributed by atoms with E-state index in [1.807, 2.05) is 13.8 Å². The van der Waals surface area contributed by atoms with Crippen LogP contribution in [-0.4, -0.2) is 79.3 Å². The molecule has 2 aliphatic heterocycles. The fourth-order valence-corrected chi connectivity index (χ4v) is 8.04. The van der Waals surface area contributed by atoms with Gasteiger partial charge in [0.25, 0.3) is 0 Å². The third kappa shape index (κ3) is 1.87. The molecule has 0 bridgehead atoms. The highest BCUT2D eigenvalue weighted by Crippen LogP contribution is 2.78. The Balaban J connectivity index is 1.61. The zero-order valence-corrected chi connectivity index (χ0v) is 18.7. The molecule has 8 nitrogen and oxygen atoms in total. The molecular formula is C23H32O8. The van der Waals surface area contributed by atoms with Crippen LogP contribution < -0.4 is 0 Å². The van der Waals surface area contributed by atoms with Crippen molar-refractivity contribution in [2.45, 2.75) is 88.0 Å². The first kappa shape index (κ1) is 20.7. The number of rotatable bonds is 0. The number of fused-ring (bicyclic) bond motifs is 7. The van der Waals surface area contributed by atoms with Gasteiger partial charge in [0, 0.05) is 29.1 Å². The van der Waals surface area contributed by atoms with Gasteiger partial charge in [-0.05, 0) is 26.3 Å². The average Bonchev–Trinajstić information content (AvgIpc) is 3.48. The number of hydrogen-bond acceptors (Lipinski definition) is 8. The quantitative estimate of drug-likeness (QED) is 0.388. The summed E-state index contributed by atoms with van der Waals surface area (Å²) in [5, 5.41) is 47.1. The predicted octanol–water partition coefficient (Wildman–Crippen LogP) is -0.0896. The highest BCUT2D eigenvalue weighted by molar-refractivity contribution is 6.05. The molecular weight excluding hydrogens is 404 g/mol. The van der Waals surface area contributed by atoms with Gasteiger partial charge < -0.3 is 34.6 Å². The number of hydrogen-bond donors (Lipinski definition) is 4. The molecule has 31 heavy (non-hydrogen) atoms. The molecule has 2 saturated heterocycles. The molecule has 5 fully saturated rings. The number of carbonyl (C=O) groups is 1. The standard InChI is InChI=1S/C23H32O8/c1-9-7-11-21(26)10(2)15(25)23(28)13(18(23,3)4)12(21)16-20(30-16)8-29-19(5,6)31-17(20)22(11,27)14(9)24/h7,10-13,15-17,25-28H,8H2,1-6H3/t10-,11+,12-,13+,15-,16+,17-,20+,21+,22-,23-/m1/s1. The summed E-state index contributed by atoms with van der Waals surface area (Å²) in [6.07, 6.45) is -1.22. The highest BCUT2D eigenvalue weighted by atomic mass is 16.8. The summed E-state index contributed by atoms with van der Waals surface area (Å²) in [6, 6.07) is 0. The zero-order valence-electron chi connectivity index (χ0n) is 18.7. The van der Waals surface area contributed by atoms with E-state index < -0.39 is 81.4 Å². The summed E-state index contributed by atoms with van der Waals surface area (Å²) in [7, 11) is 0. The molecule has 0 aromatic rings. The van der Waals surface area contributed by atoms with Crippen molar-refractivity contribution in [2.24, 2.45) is 29.1 Å². The monoisotopic (exact) mass is 436 g/mol. The van der Waals surface area contributed by atoms with Gasteiger partial charge in [0.1, 0.15) is 17.3 Å². The number of aliphatic hydroxyl groups is 4. The van der Waals surface area contributed by atoms with E-state index in [0.29, 0.717) is 5.57 Å². The van der Waals surface area contributed by atoms with Gasteiger partial charge in [-0.3, -0.25) is 4.79 Å². The Bertz CT molecular complexity index is 942. The third-order valence-electron chi connectivity index (χ3n) is 9.85. The SMILES string of the molecule is CC1=C[C@@H]2[C@@](O)(C1=O)[C@@H]1OC(C)(C)OC[C@@]13O[C@H]3[C@H]1[C@H]3C(C)(C)[C@]3(O)[C@H](O)[C@@H](C)[C@@]12O. The first-order chi connectivity index (χ1) is 14.1. The molecule has 4 N–H and O–H groups in total. The van der Waals surface area contributed by atoms with Crippen molar-refractivity contribution < 1.29 is 39.4 Å². The topological polar surface area (TPSA) is 129 Å². The molecule has 0 aromatic heterocycles. The molecule has 2 heterocycles. The molecule has 172 valence electrons. The van der Waals surface area contributed by atoms with E-state index in [0.717, 1.165) is 0 Å². The van der Waals surface area contributed by atoms with Crippen molar-refractivity contribution >= 4 is 5.78 Å². The van der Waals surface area contributed by atoms with Crippen LogP contribution in [0.3, 0.4) is 0 Å². The van der Waals surface area contributed by atoms with Gasteiger partial charge in [0.05, 0.1) is 24.4 Å². The zero-order chi connectivity index (χ0) is 22.7. The predicted molar refractivity (Wildman–Crippen MR) is 106 cm³/mol. The van der Waals surface area contributed by atoms with Crippen molar-refractivity contribution in [3.8, 4) is 0 Å². The van der Waals surface area contributed by atoms with E-state index in [4.69, 9.17) is 14.2 Å². The van der Waals surface area contributed by atoms with E-state index in [1.54, 1.807) is 33.8 Å². The molecule has 0 unspecified atom stereocenters. The Labute approximate surface area is 181 Å². The van der Waals surface area contributed by atoms with Gasteiger partial charge in [-0.15, -0.1) is 0 Å². The van der Waals surface area contributed by atoms with Crippen LogP contribution in [0, 0.1) is 29.1 Å². The smallest absolute Gasteiger partial charge is 0.193 e. The molecule has 1 spiro atoms. The molecule has 3 saturated carbocycles. The Morgan fingerprint density at radius 2 is 1.74 bits per heavy atom. The van der Waals surface area contributed by atoms with Gasteiger partial charge in [-0.2, -0.15) is 0 Å². The number of carbonyl (C=O) groups excluding carboxylic acids is 1. The highest BCUT2D eigenvalue weighted by Gasteiger charge is 2.91. The molecule has 4 aliphatic carbocycles. The minimum atomic E-state index is -2.06. The summed E-state index contributed by atoms with van der Waals surface area (Å²) in [6.45, 7) is 10.6. The van der Waals surface area contributed by atoms with Crippen molar-refractivity contribution in [3.05, 3.63) is 11.6 Å². The minimum Gasteiger partial charge on any atom is -0.390 e. The molecule has 6 aliphatic rings. The number of ketones is 1. The van der Waals surface area contributed by atoms with Crippen LogP contribution in [-0.2, 0) is 19.0 Å². The van der Waals surface area contributed by atoms with Gasteiger partial charge in [-0.25, -0.2) is 0 Å². The lowest BCUT2D eigenvalue weighted by atomic mass is 9.58. The fraction of sp³-hybridized carbons (Fsp3) is 0.870. The fourth-order valence-electron chi connectivity index (χ4n) is 8.04. The second-order valence-corrected chi connectivity index (χ2v) is 11.8. The summed E-state index contributed by atoms with van der Waals surface area (Å²) >= 11 is 0. The van der Waals surface area contributed by atoms with Crippen LogP contribution in [0.5, 0.6) is 0 Å². The summed E-state index contributed by atoms with van der Waals surface area (Å²) < 4.78 is 18.3. The van der Waals surface area contributed by atoms with Crippen LogP contribution in [0.2, 0.25) is 0 Å². The molecule has 8 heteroatoms. The Morgan fingerprint density at radius 3 is 2.39 bits per heavy atom. The lowest BCUT2D eigenvalue weighted by molar-refractivity contribution is -0.329. The maximum Gasteiger partial charge on any atom is 0.193 e. The van der Waals surface area contributed by atoms with Gasteiger partial charge >= 0.3 is 0 Å². The molecule has 11 atom stereocenters. The molecule has 0 radical (unpaired) electrons. The van der Waals surface area contributed by atoms with Gasteiger partial charge in [0.15, 0.2) is 17.2 Å². The second-order valence-electron chi connectivity index (χ2n) is 11.8. The van der Waals surface area contributed by atoms with Crippen molar-refractivity contribution in [2.75, 3.05) is 6.61 Å². The summed E-state index contributed by atoms with van der Waals surface area (Å²) in [5.74, 6) is -4.46. The largest absolute Gasteiger partial charge is 0.390 e. The molecule has 6 rings (SSSR count). The third-order valence-corrected chi connectivity index (χ3v) is 9.85. The van der Waals surface area contributed by atoms with Gasteiger partial charge in [0.2, 0.25) is 0 Å². The van der Waals surface area contributed by atoms with Crippen LogP contribution in [0.4, 0.5) is 0 Å². The van der Waals surface area contributed by atoms with Crippen molar-refractivity contribution in [3.63, 3.8) is 0 Å². The first-order valence-corrected chi connectivity index (χ1v) is 11.2. The first-order valence-electron chi connectivity index (χ1n) is 11.2.